The Hall–Kier alpha value is -2.06. The molecule has 0 bridgehead atoms. The lowest BCUT2D eigenvalue weighted by molar-refractivity contribution is -0.662. The Morgan fingerprint density at radius 1 is 1.00 bits per heavy atom. The predicted octanol–water partition coefficient (Wildman–Crippen LogP) is 3.53. The molecule has 3 rings (SSSR count). The normalized spacial score (nSPS) is 10.8. The molecule has 0 saturated heterocycles. The van der Waals surface area contributed by atoms with Crippen molar-refractivity contribution in [2.45, 2.75) is 6.54 Å². The molecule has 0 aliphatic heterocycles. The van der Waals surface area contributed by atoms with Crippen LogP contribution in [-0.2, 0) is 6.54 Å². The van der Waals surface area contributed by atoms with Crippen molar-refractivity contribution in [2.75, 3.05) is 0 Å². The first kappa shape index (κ1) is 12.0. The minimum Gasteiger partial charge on any atom is -0.507 e. The Balaban J connectivity index is 2.13. The number of aromatic hydroxyl groups is 1. The third-order valence-corrected chi connectivity index (χ3v) is 3.39. The molecule has 19 heavy (non-hydrogen) atoms. The molecule has 0 fully saturated rings. The highest BCUT2D eigenvalue weighted by atomic mass is 35.5. The molecule has 94 valence electrons. The van der Waals surface area contributed by atoms with Gasteiger partial charge in [0.15, 0.2) is 12.7 Å². The zero-order valence-corrected chi connectivity index (χ0v) is 11.0. The summed E-state index contributed by atoms with van der Waals surface area (Å²) in [5, 5.41) is 11.4. The maximum absolute atomic E-state index is 9.90. The lowest BCUT2D eigenvalue weighted by Gasteiger charge is -2.04. The molecule has 0 saturated carbocycles. The summed E-state index contributed by atoms with van der Waals surface area (Å²) in [5.74, 6) is 0.274. The van der Waals surface area contributed by atoms with Crippen LogP contribution in [0.25, 0.3) is 10.9 Å². The largest absolute Gasteiger partial charge is 0.507 e. The Kier molecular flexibility index (Phi) is 3.10. The number of fused-ring (bicyclic) bond motifs is 1. The summed E-state index contributed by atoms with van der Waals surface area (Å²) in [5.41, 5.74) is 2.14. The Morgan fingerprint density at radius 3 is 2.58 bits per heavy atom. The van der Waals surface area contributed by atoms with Crippen LogP contribution in [0.3, 0.4) is 0 Å². The van der Waals surface area contributed by atoms with Crippen LogP contribution in [0.4, 0.5) is 0 Å². The molecule has 0 atom stereocenters. The minimum atomic E-state index is 0.274. The molecular formula is C16H13ClNO+. The standard InChI is InChI=1S/C16H12ClNO/c17-13-6-7-14-15(10-13)18(9-8-16(14)19)11-12-4-2-1-3-5-12/h1-10H,11H2/p+1. The van der Waals surface area contributed by atoms with Crippen molar-refractivity contribution in [3.8, 4) is 5.75 Å². The molecule has 0 radical (unpaired) electrons. The fourth-order valence-corrected chi connectivity index (χ4v) is 2.37. The number of nitrogens with zero attached hydrogens (tertiary/aromatic N) is 1. The van der Waals surface area contributed by atoms with E-state index in [1.807, 2.05) is 36.5 Å². The highest BCUT2D eigenvalue weighted by molar-refractivity contribution is 6.31. The van der Waals surface area contributed by atoms with Gasteiger partial charge in [0, 0.05) is 22.7 Å². The summed E-state index contributed by atoms with van der Waals surface area (Å²) in [6, 6.07) is 17.4. The molecule has 2 aromatic carbocycles. The second kappa shape index (κ2) is 4.90. The van der Waals surface area contributed by atoms with Gasteiger partial charge in [0.05, 0.1) is 5.39 Å². The first-order valence-corrected chi connectivity index (χ1v) is 6.46. The van der Waals surface area contributed by atoms with E-state index in [9.17, 15) is 5.11 Å². The van der Waals surface area contributed by atoms with Gasteiger partial charge in [-0.15, -0.1) is 0 Å². The SMILES string of the molecule is Oc1cc[n+](Cc2ccccc2)c2cc(Cl)ccc12. The van der Waals surface area contributed by atoms with Gasteiger partial charge in [-0.1, -0.05) is 41.9 Å². The maximum atomic E-state index is 9.90. The van der Waals surface area contributed by atoms with Crippen LogP contribution in [-0.4, -0.2) is 5.11 Å². The van der Waals surface area contributed by atoms with Crippen molar-refractivity contribution in [1.29, 1.82) is 0 Å². The molecule has 0 aliphatic rings. The van der Waals surface area contributed by atoms with Gasteiger partial charge in [-0.05, 0) is 12.1 Å². The zero-order valence-electron chi connectivity index (χ0n) is 10.3. The monoisotopic (exact) mass is 270 g/mol. The lowest BCUT2D eigenvalue weighted by Crippen LogP contribution is -2.34. The van der Waals surface area contributed by atoms with E-state index in [2.05, 4.69) is 16.7 Å². The number of pyridine rings is 1. The van der Waals surface area contributed by atoms with E-state index in [-0.39, 0.29) is 5.75 Å². The van der Waals surface area contributed by atoms with Crippen molar-refractivity contribution >= 4 is 22.5 Å². The van der Waals surface area contributed by atoms with Crippen LogP contribution >= 0.6 is 11.6 Å². The average Bonchev–Trinajstić information content (AvgIpc) is 2.43. The van der Waals surface area contributed by atoms with E-state index >= 15 is 0 Å². The highest BCUT2D eigenvalue weighted by Gasteiger charge is 2.13. The maximum Gasteiger partial charge on any atom is 0.218 e. The van der Waals surface area contributed by atoms with E-state index in [1.54, 1.807) is 12.1 Å². The third-order valence-electron chi connectivity index (χ3n) is 3.15. The van der Waals surface area contributed by atoms with E-state index in [4.69, 9.17) is 11.6 Å². The van der Waals surface area contributed by atoms with Crippen molar-refractivity contribution < 1.29 is 9.67 Å². The van der Waals surface area contributed by atoms with Crippen LogP contribution in [0, 0.1) is 0 Å². The van der Waals surface area contributed by atoms with Crippen molar-refractivity contribution in [3.05, 3.63) is 71.4 Å². The van der Waals surface area contributed by atoms with Gasteiger partial charge in [-0.2, -0.15) is 4.57 Å². The highest BCUT2D eigenvalue weighted by Crippen LogP contribution is 2.24. The van der Waals surface area contributed by atoms with Gasteiger partial charge in [0.1, 0.15) is 5.75 Å². The predicted molar refractivity (Wildman–Crippen MR) is 76.4 cm³/mol. The number of benzene rings is 2. The molecule has 1 heterocycles. The third kappa shape index (κ3) is 2.40. The second-order valence-corrected chi connectivity index (χ2v) is 4.91. The van der Waals surface area contributed by atoms with Gasteiger partial charge < -0.3 is 5.11 Å². The number of rotatable bonds is 2. The minimum absolute atomic E-state index is 0.274. The van der Waals surface area contributed by atoms with Crippen LogP contribution in [0.1, 0.15) is 5.56 Å². The summed E-state index contributed by atoms with van der Waals surface area (Å²) in [4.78, 5) is 0. The molecule has 2 nitrogen and oxygen atoms in total. The van der Waals surface area contributed by atoms with Crippen molar-refractivity contribution in [2.24, 2.45) is 0 Å². The quantitative estimate of drug-likeness (QED) is 0.708. The van der Waals surface area contributed by atoms with Gasteiger partial charge in [0.25, 0.3) is 0 Å². The van der Waals surface area contributed by atoms with Gasteiger partial charge in [-0.25, -0.2) is 0 Å². The average molecular weight is 271 g/mol. The first-order chi connectivity index (χ1) is 9.24. The molecule has 0 amide bonds. The molecule has 3 heteroatoms. The van der Waals surface area contributed by atoms with Crippen molar-refractivity contribution in [3.63, 3.8) is 0 Å². The van der Waals surface area contributed by atoms with Gasteiger partial charge in [-0.3, -0.25) is 0 Å². The molecule has 0 aliphatic carbocycles. The van der Waals surface area contributed by atoms with Crippen LogP contribution < -0.4 is 4.57 Å². The topological polar surface area (TPSA) is 24.1 Å². The van der Waals surface area contributed by atoms with E-state index in [0.717, 1.165) is 17.4 Å². The summed E-state index contributed by atoms with van der Waals surface area (Å²) in [6.45, 7) is 0.748. The van der Waals surface area contributed by atoms with Gasteiger partial charge >= 0.3 is 0 Å². The first-order valence-electron chi connectivity index (χ1n) is 6.08. The fourth-order valence-electron chi connectivity index (χ4n) is 2.21. The molecule has 0 unspecified atom stereocenters. The fraction of sp³-hybridized carbons (Fsp3) is 0.0625. The number of hydrogen-bond acceptors (Lipinski definition) is 1. The van der Waals surface area contributed by atoms with E-state index < -0.39 is 0 Å². The molecular weight excluding hydrogens is 258 g/mol. The summed E-state index contributed by atoms with van der Waals surface area (Å²) < 4.78 is 2.08. The summed E-state index contributed by atoms with van der Waals surface area (Å²) in [6.07, 6.45) is 1.88. The van der Waals surface area contributed by atoms with Crippen molar-refractivity contribution in [1.82, 2.24) is 0 Å². The van der Waals surface area contributed by atoms with Gasteiger partial charge in [0.2, 0.25) is 5.52 Å². The molecule has 0 spiro atoms. The molecule has 3 aromatic rings. The Bertz CT molecular complexity index is 725. The van der Waals surface area contributed by atoms with E-state index in [1.165, 1.54) is 5.56 Å². The molecule has 1 aromatic heterocycles. The smallest absolute Gasteiger partial charge is 0.218 e. The Labute approximate surface area is 116 Å². The van der Waals surface area contributed by atoms with E-state index in [0.29, 0.717) is 5.02 Å². The second-order valence-electron chi connectivity index (χ2n) is 4.48. The number of aromatic nitrogens is 1. The number of hydrogen-bond donors (Lipinski definition) is 1. The van der Waals surface area contributed by atoms with Crippen LogP contribution in [0.15, 0.2) is 60.8 Å². The zero-order chi connectivity index (χ0) is 13.2. The lowest BCUT2D eigenvalue weighted by atomic mass is 10.1. The Morgan fingerprint density at radius 2 is 1.79 bits per heavy atom. The molecule has 1 N–H and O–H groups in total. The van der Waals surface area contributed by atoms with Crippen LogP contribution in [0.5, 0.6) is 5.75 Å². The van der Waals surface area contributed by atoms with Crippen LogP contribution in [0.2, 0.25) is 5.02 Å². The number of halogens is 1. The summed E-state index contributed by atoms with van der Waals surface area (Å²) >= 11 is 6.05. The summed E-state index contributed by atoms with van der Waals surface area (Å²) in [7, 11) is 0.